The van der Waals surface area contributed by atoms with Gasteiger partial charge in [0.15, 0.2) is 0 Å². The van der Waals surface area contributed by atoms with E-state index in [1.165, 1.54) is 42.5 Å². The van der Waals surface area contributed by atoms with Crippen LogP contribution in [0.3, 0.4) is 0 Å². The molecule has 4 rings (SSSR count). The van der Waals surface area contributed by atoms with Gasteiger partial charge in [0.05, 0.1) is 21.6 Å². The summed E-state index contributed by atoms with van der Waals surface area (Å²) in [5.41, 5.74) is 0.0158. The Kier molecular flexibility index (Phi) is 5.42. The van der Waals surface area contributed by atoms with Gasteiger partial charge in [-0.3, -0.25) is 24.5 Å². The Morgan fingerprint density at radius 3 is 2.19 bits per heavy atom. The van der Waals surface area contributed by atoms with E-state index in [4.69, 9.17) is 4.74 Å². The minimum Gasteiger partial charge on any atom is -0.450 e. The van der Waals surface area contributed by atoms with Crippen molar-refractivity contribution in [3.05, 3.63) is 96.4 Å². The lowest BCUT2D eigenvalue weighted by molar-refractivity contribution is -0.385. The van der Waals surface area contributed by atoms with E-state index < -0.39 is 22.6 Å². The standard InChI is InChI=1S/C21H10Br2N2O6/c22-11-5-8-18(17(9-11)25(29)30)31-12-6-7-16(23)15(10-12)21(28)24-19(26)13-3-1-2-4-14(13)20(24)27/h1-10H. The number of benzene rings is 3. The third-order valence-electron chi connectivity index (χ3n) is 4.51. The van der Waals surface area contributed by atoms with Crippen LogP contribution >= 0.6 is 31.9 Å². The van der Waals surface area contributed by atoms with E-state index in [2.05, 4.69) is 31.9 Å². The molecule has 3 aromatic carbocycles. The maximum atomic E-state index is 13.1. The van der Waals surface area contributed by atoms with Gasteiger partial charge in [-0.05, 0) is 58.4 Å². The zero-order valence-corrected chi connectivity index (χ0v) is 18.5. The Hall–Kier alpha value is -3.37. The molecule has 1 aliphatic heterocycles. The van der Waals surface area contributed by atoms with Crippen LogP contribution in [0.1, 0.15) is 31.1 Å². The van der Waals surface area contributed by atoms with E-state index in [1.54, 1.807) is 18.2 Å². The number of carbonyl (C=O) groups is 3. The van der Waals surface area contributed by atoms with Crippen LogP contribution in [0.15, 0.2) is 69.6 Å². The Labute approximate surface area is 191 Å². The highest BCUT2D eigenvalue weighted by Crippen LogP contribution is 2.35. The second kappa shape index (κ2) is 8.05. The lowest BCUT2D eigenvalue weighted by Gasteiger charge is -2.14. The van der Waals surface area contributed by atoms with E-state index in [0.29, 0.717) is 13.8 Å². The highest BCUT2D eigenvalue weighted by Gasteiger charge is 2.40. The predicted molar refractivity (Wildman–Crippen MR) is 116 cm³/mol. The number of rotatable bonds is 4. The van der Waals surface area contributed by atoms with Crippen LogP contribution < -0.4 is 4.74 Å². The SMILES string of the molecule is O=C(c1cc(Oc2ccc(Br)cc2[N+](=O)[O-])ccc1Br)N1C(=O)c2ccccc2C1=O. The smallest absolute Gasteiger partial charge is 0.312 e. The third kappa shape index (κ3) is 3.75. The number of nitro groups is 1. The van der Waals surface area contributed by atoms with Gasteiger partial charge in [-0.25, -0.2) is 4.90 Å². The fourth-order valence-electron chi connectivity index (χ4n) is 3.07. The lowest BCUT2D eigenvalue weighted by atomic mass is 10.1. The van der Waals surface area contributed by atoms with Crippen LogP contribution in [-0.2, 0) is 0 Å². The summed E-state index contributed by atoms with van der Waals surface area (Å²) in [6, 6.07) is 14.7. The summed E-state index contributed by atoms with van der Waals surface area (Å²) in [7, 11) is 0. The van der Waals surface area contributed by atoms with Crippen LogP contribution in [0.25, 0.3) is 0 Å². The minimum absolute atomic E-state index is 0.00762. The second-order valence-electron chi connectivity index (χ2n) is 6.41. The van der Waals surface area contributed by atoms with Crippen molar-refractivity contribution in [2.45, 2.75) is 0 Å². The molecule has 0 aromatic heterocycles. The highest BCUT2D eigenvalue weighted by atomic mass is 79.9. The molecule has 0 N–H and O–H groups in total. The Balaban J connectivity index is 1.68. The molecule has 1 heterocycles. The average molecular weight is 546 g/mol. The molecule has 3 aromatic rings. The molecule has 0 spiro atoms. The molecule has 8 nitrogen and oxygen atoms in total. The van der Waals surface area contributed by atoms with E-state index >= 15 is 0 Å². The van der Waals surface area contributed by atoms with Gasteiger partial charge < -0.3 is 4.74 Å². The van der Waals surface area contributed by atoms with E-state index in [9.17, 15) is 24.5 Å². The summed E-state index contributed by atoms with van der Waals surface area (Å²) in [5.74, 6) is -2.18. The Morgan fingerprint density at radius 1 is 0.935 bits per heavy atom. The van der Waals surface area contributed by atoms with Gasteiger partial charge >= 0.3 is 5.69 Å². The Morgan fingerprint density at radius 2 is 1.58 bits per heavy atom. The van der Waals surface area contributed by atoms with Gasteiger partial charge in [0.1, 0.15) is 5.75 Å². The number of fused-ring (bicyclic) bond motifs is 1. The number of carbonyl (C=O) groups excluding carboxylic acids is 3. The van der Waals surface area contributed by atoms with Crippen LogP contribution in [0.2, 0.25) is 0 Å². The van der Waals surface area contributed by atoms with Crippen molar-refractivity contribution in [3.63, 3.8) is 0 Å². The fraction of sp³-hybridized carbons (Fsp3) is 0. The molecule has 0 atom stereocenters. The number of hydrogen-bond acceptors (Lipinski definition) is 6. The molecule has 0 saturated carbocycles. The summed E-state index contributed by atoms with van der Waals surface area (Å²) in [6.45, 7) is 0. The third-order valence-corrected chi connectivity index (χ3v) is 5.70. The van der Waals surface area contributed by atoms with E-state index in [1.807, 2.05) is 0 Å². The first-order valence-corrected chi connectivity index (χ1v) is 10.3. The molecule has 31 heavy (non-hydrogen) atoms. The summed E-state index contributed by atoms with van der Waals surface area (Å²) < 4.78 is 6.46. The number of amides is 3. The number of hydrogen-bond donors (Lipinski definition) is 0. The van der Waals surface area contributed by atoms with Crippen molar-refractivity contribution >= 4 is 55.3 Å². The first-order valence-electron chi connectivity index (χ1n) is 8.71. The largest absolute Gasteiger partial charge is 0.450 e. The molecule has 0 unspecified atom stereocenters. The number of nitro benzene ring substituents is 1. The zero-order valence-electron chi connectivity index (χ0n) is 15.4. The van der Waals surface area contributed by atoms with Crippen LogP contribution in [0.4, 0.5) is 5.69 Å². The summed E-state index contributed by atoms with van der Waals surface area (Å²) in [5, 5.41) is 11.3. The van der Waals surface area contributed by atoms with Crippen molar-refractivity contribution in [1.29, 1.82) is 0 Å². The van der Waals surface area contributed by atoms with Gasteiger partial charge in [-0.2, -0.15) is 0 Å². The van der Waals surface area contributed by atoms with Crippen molar-refractivity contribution in [3.8, 4) is 11.5 Å². The molecule has 0 fully saturated rings. The molecule has 0 bridgehead atoms. The molecule has 1 aliphatic rings. The number of ether oxygens (including phenoxy) is 1. The summed E-state index contributed by atoms with van der Waals surface area (Å²) in [6.07, 6.45) is 0. The number of imide groups is 3. The summed E-state index contributed by atoms with van der Waals surface area (Å²) >= 11 is 6.42. The van der Waals surface area contributed by atoms with Gasteiger partial charge in [-0.15, -0.1) is 0 Å². The minimum atomic E-state index is -0.839. The highest BCUT2D eigenvalue weighted by molar-refractivity contribution is 9.10. The molecule has 0 radical (unpaired) electrons. The molecular formula is C21H10Br2N2O6. The predicted octanol–water partition coefficient (Wildman–Crippen LogP) is 5.35. The maximum absolute atomic E-state index is 13.1. The molecule has 10 heteroatoms. The molecule has 0 aliphatic carbocycles. The first-order chi connectivity index (χ1) is 14.8. The molecule has 154 valence electrons. The van der Waals surface area contributed by atoms with Gasteiger partial charge in [0.25, 0.3) is 17.7 Å². The van der Waals surface area contributed by atoms with Crippen LogP contribution in [0, 0.1) is 10.1 Å². The average Bonchev–Trinajstić information content (AvgIpc) is 3.00. The number of nitrogens with zero attached hydrogens (tertiary/aromatic N) is 2. The van der Waals surface area contributed by atoms with Crippen molar-refractivity contribution < 1.29 is 24.0 Å². The van der Waals surface area contributed by atoms with Gasteiger partial charge in [-0.1, -0.05) is 28.1 Å². The second-order valence-corrected chi connectivity index (χ2v) is 8.18. The topological polar surface area (TPSA) is 107 Å². The fourth-order valence-corrected chi connectivity index (χ4v) is 3.84. The normalized spacial score (nSPS) is 12.6. The van der Waals surface area contributed by atoms with Crippen molar-refractivity contribution in [2.75, 3.05) is 0 Å². The van der Waals surface area contributed by atoms with Crippen molar-refractivity contribution in [2.24, 2.45) is 0 Å². The van der Waals surface area contributed by atoms with Crippen LogP contribution in [0.5, 0.6) is 11.5 Å². The van der Waals surface area contributed by atoms with Gasteiger partial charge in [0.2, 0.25) is 5.75 Å². The van der Waals surface area contributed by atoms with Crippen molar-refractivity contribution in [1.82, 2.24) is 4.90 Å². The van der Waals surface area contributed by atoms with Gasteiger partial charge in [0, 0.05) is 15.0 Å². The Bertz CT molecular complexity index is 1260. The lowest BCUT2D eigenvalue weighted by Crippen LogP contribution is -2.36. The number of halogens is 2. The first kappa shape index (κ1) is 20.9. The molecular weight excluding hydrogens is 536 g/mol. The monoisotopic (exact) mass is 544 g/mol. The van der Waals surface area contributed by atoms with Crippen LogP contribution in [-0.4, -0.2) is 27.5 Å². The molecule has 0 saturated heterocycles. The molecule has 3 amide bonds. The van der Waals surface area contributed by atoms with E-state index in [-0.39, 0.29) is 33.9 Å². The quantitative estimate of drug-likeness (QED) is 0.248. The maximum Gasteiger partial charge on any atom is 0.312 e. The summed E-state index contributed by atoms with van der Waals surface area (Å²) in [4.78, 5) is 49.6. The zero-order chi connectivity index (χ0) is 22.3. The van der Waals surface area contributed by atoms with E-state index in [0.717, 1.165) is 0 Å².